The minimum absolute atomic E-state index is 0.178. The van der Waals surface area contributed by atoms with E-state index in [-0.39, 0.29) is 19.1 Å². The molecule has 1 atom stereocenters. The normalized spacial score (nSPS) is 12.2. The minimum Gasteiger partial charge on any atom is -0.493 e. The first-order chi connectivity index (χ1) is 7.50. The molecule has 0 aliphatic heterocycles. The third kappa shape index (κ3) is 3.72. The van der Waals surface area contributed by atoms with Gasteiger partial charge in [-0.1, -0.05) is 11.6 Å². The quantitative estimate of drug-likeness (QED) is 0.824. The molecule has 0 spiro atoms. The average Bonchev–Trinajstić information content (AvgIpc) is 2.19. The molecular formula is C11H15ClN2O2. The Morgan fingerprint density at radius 1 is 1.56 bits per heavy atom. The van der Waals surface area contributed by atoms with Crippen molar-refractivity contribution in [3.05, 3.63) is 28.8 Å². The van der Waals surface area contributed by atoms with Gasteiger partial charge >= 0.3 is 0 Å². The fourth-order valence-electron chi connectivity index (χ4n) is 1.27. The number of carbonyl (C=O) groups excluding carboxylic acids is 1. The maximum absolute atomic E-state index is 10.6. The summed E-state index contributed by atoms with van der Waals surface area (Å²) in [6.07, 6.45) is 0.182. The molecule has 0 heterocycles. The lowest BCUT2D eigenvalue weighted by atomic mass is 10.1. The molecule has 16 heavy (non-hydrogen) atoms. The van der Waals surface area contributed by atoms with E-state index in [1.807, 2.05) is 6.92 Å². The van der Waals surface area contributed by atoms with Gasteiger partial charge in [0.05, 0.1) is 13.0 Å². The van der Waals surface area contributed by atoms with Crippen molar-refractivity contribution >= 4 is 17.5 Å². The molecule has 0 radical (unpaired) electrons. The molecule has 4 nitrogen and oxygen atoms in total. The summed E-state index contributed by atoms with van der Waals surface area (Å²) in [5.74, 6) is 0.247. The van der Waals surface area contributed by atoms with Crippen LogP contribution in [0.3, 0.4) is 0 Å². The fraction of sp³-hybridized carbons (Fsp3) is 0.364. The molecular weight excluding hydrogens is 228 g/mol. The van der Waals surface area contributed by atoms with Crippen LogP contribution in [0.5, 0.6) is 5.75 Å². The number of rotatable bonds is 5. The van der Waals surface area contributed by atoms with E-state index in [1.54, 1.807) is 18.2 Å². The Labute approximate surface area is 99.5 Å². The van der Waals surface area contributed by atoms with Crippen molar-refractivity contribution < 1.29 is 9.53 Å². The van der Waals surface area contributed by atoms with E-state index in [1.165, 1.54) is 0 Å². The molecule has 1 rings (SSSR count). The van der Waals surface area contributed by atoms with E-state index >= 15 is 0 Å². The first kappa shape index (κ1) is 12.8. The van der Waals surface area contributed by atoms with Crippen LogP contribution >= 0.6 is 11.6 Å². The van der Waals surface area contributed by atoms with Crippen LogP contribution in [-0.2, 0) is 4.79 Å². The number of primary amides is 1. The topological polar surface area (TPSA) is 78.3 Å². The Morgan fingerprint density at radius 3 is 2.81 bits per heavy atom. The Balaban J connectivity index is 2.74. The first-order valence-corrected chi connectivity index (χ1v) is 5.34. The van der Waals surface area contributed by atoms with Crippen molar-refractivity contribution in [3.63, 3.8) is 0 Å². The number of nitrogens with two attached hydrogens (primary N) is 2. The lowest BCUT2D eigenvalue weighted by Crippen LogP contribution is -2.15. The highest BCUT2D eigenvalue weighted by Gasteiger charge is 2.09. The van der Waals surface area contributed by atoms with Gasteiger partial charge in [0.15, 0.2) is 0 Å². The zero-order valence-electron chi connectivity index (χ0n) is 9.07. The maximum atomic E-state index is 10.6. The standard InChI is InChI=1S/C11H15ClN2O2/c1-7(13)9-6-8(12)2-3-10(9)16-5-4-11(14)15/h2-3,6-7H,4-5,13H2,1H3,(H2,14,15)/t7-/m1/s1. The molecule has 4 N–H and O–H groups in total. The second-order valence-electron chi connectivity index (χ2n) is 3.54. The van der Waals surface area contributed by atoms with Gasteiger partial charge in [0, 0.05) is 16.6 Å². The molecule has 0 aliphatic rings. The van der Waals surface area contributed by atoms with Crippen LogP contribution in [0.25, 0.3) is 0 Å². The molecule has 5 heteroatoms. The van der Waals surface area contributed by atoms with E-state index in [4.69, 9.17) is 27.8 Å². The highest BCUT2D eigenvalue weighted by atomic mass is 35.5. The van der Waals surface area contributed by atoms with E-state index in [0.29, 0.717) is 10.8 Å². The average molecular weight is 243 g/mol. The van der Waals surface area contributed by atoms with Crippen LogP contribution in [0.4, 0.5) is 0 Å². The summed E-state index contributed by atoms with van der Waals surface area (Å²) in [6.45, 7) is 2.09. The van der Waals surface area contributed by atoms with Crippen LogP contribution in [0.2, 0.25) is 5.02 Å². The summed E-state index contributed by atoms with van der Waals surface area (Å²) in [7, 11) is 0. The molecule has 1 aromatic rings. The van der Waals surface area contributed by atoms with Gasteiger partial charge in [0.1, 0.15) is 5.75 Å². The van der Waals surface area contributed by atoms with Crippen LogP contribution in [0, 0.1) is 0 Å². The monoisotopic (exact) mass is 242 g/mol. The van der Waals surface area contributed by atoms with Crippen LogP contribution in [-0.4, -0.2) is 12.5 Å². The second-order valence-corrected chi connectivity index (χ2v) is 3.97. The van der Waals surface area contributed by atoms with Crippen molar-refractivity contribution in [3.8, 4) is 5.75 Å². The number of hydrogen-bond acceptors (Lipinski definition) is 3. The molecule has 0 saturated heterocycles. The number of benzene rings is 1. The highest BCUT2D eigenvalue weighted by Crippen LogP contribution is 2.27. The highest BCUT2D eigenvalue weighted by molar-refractivity contribution is 6.30. The number of carbonyl (C=O) groups is 1. The van der Waals surface area contributed by atoms with Crippen molar-refractivity contribution in [1.82, 2.24) is 0 Å². The predicted octanol–water partition coefficient (Wildman–Crippen LogP) is 1.61. The Kier molecular flexibility index (Phi) is 4.58. The fourth-order valence-corrected chi connectivity index (χ4v) is 1.45. The lowest BCUT2D eigenvalue weighted by molar-refractivity contribution is -0.118. The Bertz CT molecular complexity index is 380. The summed E-state index contributed by atoms with van der Waals surface area (Å²) in [6, 6.07) is 5.03. The van der Waals surface area contributed by atoms with Gasteiger partial charge in [0.25, 0.3) is 0 Å². The zero-order chi connectivity index (χ0) is 12.1. The smallest absolute Gasteiger partial charge is 0.220 e. The number of amides is 1. The van der Waals surface area contributed by atoms with E-state index in [9.17, 15) is 4.79 Å². The van der Waals surface area contributed by atoms with Gasteiger partial charge in [-0.3, -0.25) is 4.79 Å². The second kappa shape index (κ2) is 5.72. The number of halogens is 1. The van der Waals surface area contributed by atoms with Crippen LogP contribution in [0.1, 0.15) is 24.9 Å². The van der Waals surface area contributed by atoms with Crippen molar-refractivity contribution in [2.45, 2.75) is 19.4 Å². The van der Waals surface area contributed by atoms with Crippen molar-refractivity contribution in [2.75, 3.05) is 6.61 Å². The Morgan fingerprint density at radius 2 is 2.25 bits per heavy atom. The molecule has 0 aromatic heterocycles. The summed E-state index contributed by atoms with van der Waals surface area (Å²) in [5, 5.41) is 0.606. The molecule has 0 fully saturated rings. The van der Waals surface area contributed by atoms with Gasteiger partial charge in [-0.25, -0.2) is 0 Å². The number of ether oxygens (including phenoxy) is 1. The van der Waals surface area contributed by atoms with Gasteiger partial charge in [-0.2, -0.15) is 0 Å². The van der Waals surface area contributed by atoms with Crippen molar-refractivity contribution in [1.29, 1.82) is 0 Å². The third-order valence-corrected chi connectivity index (χ3v) is 2.30. The summed E-state index contributed by atoms with van der Waals surface area (Å²) < 4.78 is 5.42. The third-order valence-electron chi connectivity index (χ3n) is 2.07. The van der Waals surface area contributed by atoms with E-state index < -0.39 is 5.91 Å². The largest absolute Gasteiger partial charge is 0.493 e. The van der Waals surface area contributed by atoms with Gasteiger partial charge in [-0.05, 0) is 25.1 Å². The lowest BCUT2D eigenvalue weighted by Gasteiger charge is -2.13. The summed E-state index contributed by atoms with van der Waals surface area (Å²) in [4.78, 5) is 10.6. The summed E-state index contributed by atoms with van der Waals surface area (Å²) in [5.41, 5.74) is 11.6. The van der Waals surface area contributed by atoms with Gasteiger partial charge in [0.2, 0.25) is 5.91 Å². The predicted molar refractivity (Wildman–Crippen MR) is 63.4 cm³/mol. The SMILES string of the molecule is C[C@@H](N)c1cc(Cl)ccc1OCCC(N)=O. The molecule has 0 bridgehead atoms. The molecule has 1 amide bonds. The Hall–Kier alpha value is -1.26. The molecule has 88 valence electrons. The molecule has 1 aromatic carbocycles. The van der Waals surface area contributed by atoms with E-state index in [0.717, 1.165) is 5.56 Å². The van der Waals surface area contributed by atoms with Gasteiger partial charge < -0.3 is 16.2 Å². The van der Waals surface area contributed by atoms with E-state index in [2.05, 4.69) is 0 Å². The first-order valence-electron chi connectivity index (χ1n) is 4.97. The van der Waals surface area contributed by atoms with Crippen LogP contribution in [0.15, 0.2) is 18.2 Å². The maximum Gasteiger partial charge on any atom is 0.220 e. The van der Waals surface area contributed by atoms with Gasteiger partial charge in [-0.15, -0.1) is 0 Å². The molecule has 0 unspecified atom stereocenters. The zero-order valence-corrected chi connectivity index (χ0v) is 9.83. The molecule has 0 saturated carbocycles. The van der Waals surface area contributed by atoms with Crippen molar-refractivity contribution in [2.24, 2.45) is 11.5 Å². The number of hydrogen-bond donors (Lipinski definition) is 2. The molecule has 0 aliphatic carbocycles. The minimum atomic E-state index is -0.392. The van der Waals surface area contributed by atoms with Crippen LogP contribution < -0.4 is 16.2 Å². The summed E-state index contributed by atoms with van der Waals surface area (Å²) >= 11 is 5.86.